The number of nitro benzene ring substituents is 3. The van der Waals surface area contributed by atoms with Crippen LogP contribution in [0, 0.1) is 30.3 Å². The van der Waals surface area contributed by atoms with Crippen molar-refractivity contribution < 1.29 is 19.5 Å². The Morgan fingerprint density at radius 2 is 1.71 bits per heavy atom. The molecule has 0 bridgehead atoms. The smallest absolute Gasteiger partial charge is 0.325 e. The fourth-order valence-corrected chi connectivity index (χ4v) is 5.13. The van der Waals surface area contributed by atoms with E-state index < -0.39 is 43.3 Å². The first-order chi connectivity index (χ1) is 16.1. The highest BCUT2D eigenvalue weighted by Gasteiger charge is 2.44. The molecule has 1 atom stereocenters. The summed E-state index contributed by atoms with van der Waals surface area (Å²) in [6.07, 6.45) is 2.62. The first-order valence-corrected chi connectivity index (χ1v) is 11.1. The van der Waals surface area contributed by atoms with Gasteiger partial charge in [0.1, 0.15) is 0 Å². The van der Waals surface area contributed by atoms with Crippen molar-refractivity contribution in [2.24, 2.45) is 0 Å². The van der Waals surface area contributed by atoms with E-state index in [9.17, 15) is 30.3 Å². The van der Waals surface area contributed by atoms with Gasteiger partial charge < -0.3 is 4.74 Å². The Morgan fingerprint density at radius 3 is 2.32 bits per heavy atom. The molecule has 3 aromatic rings. The Labute approximate surface area is 197 Å². The molecule has 0 fully saturated rings. The number of non-ortho nitro benzene ring substituents is 1. The van der Waals surface area contributed by atoms with Gasteiger partial charge in [-0.05, 0) is 36.4 Å². The molecular formula is C22H20N4O7S. The van der Waals surface area contributed by atoms with Gasteiger partial charge in [-0.3, -0.25) is 35.2 Å². The number of fused-ring (bicyclic) bond motifs is 1. The normalized spacial score (nSPS) is 18.5. The summed E-state index contributed by atoms with van der Waals surface area (Å²) in [6.45, 7) is 2.36. The first kappa shape index (κ1) is 23.3. The van der Waals surface area contributed by atoms with Gasteiger partial charge in [-0.15, -0.1) is 11.3 Å². The summed E-state index contributed by atoms with van der Waals surface area (Å²) in [6, 6.07) is 9.19. The Morgan fingerprint density at radius 1 is 1.06 bits per heavy atom. The van der Waals surface area contributed by atoms with Crippen molar-refractivity contribution in [2.45, 2.75) is 25.5 Å². The molecule has 0 saturated carbocycles. The van der Waals surface area contributed by atoms with E-state index >= 15 is 0 Å². The zero-order chi connectivity index (χ0) is 24.6. The predicted molar refractivity (Wildman–Crippen MR) is 126 cm³/mol. The van der Waals surface area contributed by atoms with Crippen LogP contribution in [-0.4, -0.2) is 39.0 Å². The molecule has 0 amide bonds. The molecule has 0 aliphatic carbocycles. The largest absolute Gasteiger partial charge is 0.459 e. The molecule has 11 nitrogen and oxygen atoms in total. The van der Waals surface area contributed by atoms with Gasteiger partial charge in [0, 0.05) is 24.1 Å². The van der Waals surface area contributed by atoms with E-state index in [0.717, 1.165) is 21.2 Å². The Balaban J connectivity index is 1.89. The molecule has 1 aromatic heterocycles. The highest BCUT2D eigenvalue weighted by molar-refractivity contribution is 7.17. The molecule has 1 aliphatic rings. The van der Waals surface area contributed by atoms with Crippen molar-refractivity contribution in [2.75, 3.05) is 13.6 Å². The van der Waals surface area contributed by atoms with E-state index in [4.69, 9.17) is 4.74 Å². The zero-order valence-electron chi connectivity index (χ0n) is 18.3. The van der Waals surface area contributed by atoms with Gasteiger partial charge in [0.05, 0.1) is 26.9 Å². The van der Waals surface area contributed by atoms with Crippen LogP contribution in [0.15, 0.2) is 53.4 Å². The number of thiophene rings is 1. The van der Waals surface area contributed by atoms with Crippen LogP contribution in [0.1, 0.15) is 18.9 Å². The number of hydrogen-bond acceptors (Lipinski definition) is 9. The fourth-order valence-electron chi connectivity index (χ4n) is 4.17. The minimum atomic E-state index is -1.19. The summed E-state index contributed by atoms with van der Waals surface area (Å²) >= 11 is 1.55. The third kappa shape index (κ3) is 4.20. The standard InChI is InChI=1S/C22H20N4O7S/c1-14-7-8-23(2)22(11-14,12-15-13-34-20-6-4-3-5-17(15)20)33-21-18(25(29)30)9-16(24(27)28)10-19(21)26(31)32/h3-7,9-10,13H,8,11-12H2,1-2H3. The third-order valence-electron chi connectivity index (χ3n) is 5.92. The molecule has 4 rings (SSSR count). The van der Waals surface area contributed by atoms with E-state index in [2.05, 4.69) is 0 Å². The van der Waals surface area contributed by atoms with E-state index in [1.165, 1.54) is 0 Å². The lowest BCUT2D eigenvalue weighted by Gasteiger charge is -2.44. The van der Waals surface area contributed by atoms with Crippen molar-refractivity contribution in [3.05, 3.63) is 89.3 Å². The SMILES string of the molecule is CC1=CCN(C)C(Cc2csc3ccccc23)(Oc2c([N+](=O)[O-])cc([N+](=O)[O-])cc2[N+](=O)[O-])C1. The van der Waals surface area contributed by atoms with E-state index in [1.54, 1.807) is 18.4 Å². The summed E-state index contributed by atoms with van der Waals surface area (Å²) in [5.74, 6) is -0.596. The van der Waals surface area contributed by atoms with E-state index in [0.29, 0.717) is 31.5 Å². The molecule has 0 saturated heterocycles. The second-order valence-electron chi connectivity index (χ2n) is 8.17. The van der Waals surface area contributed by atoms with Crippen molar-refractivity contribution in [1.82, 2.24) is 4.90 Å². The Kier molecular flexibility index (Phi) is 6.02. The van der Waals surface area contributed by atoms with Crippen LogP contribution in [-0.2, 0) is 6.42 Å². The van der Waals surface area contributed by atoms with Crippen LogP contribution in [0.25, 0.3) is 10.1 Å². The van der Waals surface area contributed by atoms with Crippen molar-refractivity contribution in [3.8, 4) is 5.75 Å². The summed E-state index contributed by atoms with van der Waals surface area (Å²) in [5.41, 5.74) is -1.68. The zero-order valence-corrected chi connectivity index (χ0v) is 19.1. The Hall–Kier alpha value is -3.90. The molecule has 34 heavy (non-hydrogen) atoms. The van der Waals surface area contributed by atoms with Gasteiger partial charge in [0.15, 0.2) is 5.72 Å². The van der Waals surface area contributed by atoms with Crippen molar-refractivity contribution in [3.63, 3.8) is 0 Å². The summed E-state index contributed by atoms with van der Waals surface area (Å²) < 4.78 is 7.31. The lowest BCUT2D eigenvalue weighted by molar-refractivity contribution is -0.405. The van der Waals surface area contributed by atoms with Crippen molar-refractivity contribution >= 4 is 38.5 Å². The minimum absolute atomic E-state index is 0.296. The predicted octanol–water partition coefficient (Wildman–Crippen LogP) is 5.23. The summed E-state index contributed by atoms with van der Waals surface area (Å²) in [4.78, 5) is 34.0. The minimum Gasteiger partial charge on any atom is -0.459 e. The molecule has 0 radical (unpaired) electrons. The summed E-state index contributed by atoms with van der Waals surface area (Å²) in [5, 5.41) is 37.9. The molecule has 12 heteroatoms. The maximum atomic E-state index is 11.8. The number of rotatable bonds is 7. The summed E-state index contributed by atoms with van der Waals surface area (Å²) in [7, 11) is 1.78. The lowest BCUT2D eigenvalue weighted by Crippen LogP contribution is -2.55. The van der Waals surface area contributed by atoms with Crippen LogP contribution in [0.4, 0.5) is 17.1 Å². The number of nitro groups is 3. The number of likely N-dealkylation sites (N-methyl/N-ethyl adjacent to an activating group) is 1. The van der Waals surface area contributed by atoms with Gasteiger partial charge in [-0.1, -0.05) is 29.8 Å². The first-order valence-electron chi connectivity index (χ1n) is 10.2. The molecule has 2 heterocycles. The maximum absolute atomic E-state index is 11.8. The average molecular weight is 484 g/mol. The van der Waals surface area contributed by atoms with E-state index in [-0.39, 0.29) is 0 Å². The number of ether oxygens (including phenoxy) is 1. The van der Waals surface area contributed by atoms with Gasteiger partial charge in [-0.2, -0.15) is 0 Å². The van der Waals surface area contributed by atoms with Crippen LogP contribution in [0.5, 0.6) is 5.75 Å². The van der Waals surface area contributed by atoms with Gasteiger partial charge >= 0.3 is 11.4 Å². The van der Waals surface area contributed by atoms with Crippen LogP contribution in [0.3, 0.4) is 0 Å². The van der Waals surface area contributed by atoms with Crippen LogP contribution in [0.2, 0.25) is 0 Å². The Bertz CT molecular complexity index is 1320. The van der Waals surface area contributed by atoms with E-state index in [1.807, 2.05) is 47.5 Å². The molecule has 176 valence electrons. The number of benzene rings is 2. The quantitative estimate of drug-likeness (QED) is 0.252. The molecule has 0 N–H and O–H groups in total. The highest BCUT2D eigenvalue weighted by atomic mass is 32.1. The molecule has 0 spiro atoms. The number of hydrogen-bond donors (Lipinski definition) is 0. The van der Waals surface area contributed by atoms with Gasteiger partial charge in [0.25, 0.3) is 11.4 Å². The maximum Gasteiger partial charge on any atom is 0.325 e. The van der Waals surface area contributed by atoms with Crippen molar-refractivity contribution in [1.29, 1.82) is 0 Å². The van der Waals surface area contributed by atoms with Gasteiger partial charge in [-0.25, -0.2) is 0 Å². The average Bonchev–Trinajstić information content (AvgIpc) is 3.18. The van der Waals surface area contributed by atoms with Gasteiger partial charge in [0.2, 0.25) is 0 Å². The fraction of sp³-hybridized carbons (Fsp3) is 0.273. The lowest BCUT2D eigenvalue weighted by atomic mass is 9.91. The monoisotopic (exact) mass is 484 g/mol. The molecular weight excluding hydrogens is 464 g/mol. The molecule has 1 unspecified atom stereocenters. The third-order valence-corrected chi connectivity index (χ3v) is 6.94. The topological polar surface area (TPSA) is 142 Å². The second-order valence-corrected chi connectivity index (χ2v) is 9.09. The molecule has 2 aromatic carbocycles. The molecule has 1 aliphatic heterocycles. The van der Waals surface area contributed by atoms with Crippen LogP contribution >= 0.6 is 11.3 Å². The second kappa shape index (κ2) is 8.80. The highest BCUT2D eigenvalue weighted by Crippen LogP contribution is 2.45. The van der Waals surface area contributed by atoms with Crippen LogP contribution < -0.4 is 4.74 Å². The number of nitrogens with zero attached hydrogens (tertiary/aromatic N) is 4.